The largest absolute Gasteiger partial charge is 0.493 e. The van der Waals surface area contributed by atoms with Crippen LogP contribution in [0, 0.1) is 0 Å². The number of hydrogen-bond acceptors (Lipinski definition) is 5. The van der Waals surface area contributed by atoms with E-state index in [-0.39, 0.29) is 12.5 Å². The highest BCUT2D eigenvalue weighted by molar-refractivity contribution is 5.92. The Morgan fingerprint density at radius 2 is 1.96 bits per heavy atom. The second-order valence-electron chi connectivity index (χ2n) is 5.67. The summed E-state index contributed by atoms with van der Waals surface area (Å²) in [4.78, 5) is 12.2. The maximum absolute atomic E-state index is 12.2. The number of allylic oxidation sites excluding steroid dienone is 1. The van der Waals surface area contributed by atoms with Gasteiger partial charge >= 0.3 is 0 Å². The fourth-order valence-corrected chi connectivity index (χ4v) is 2.52. The molecule has 2 aromatic carbocycles. The van der Waals surface area contributed by atoms with Crippen LogP contribution in [0.5, 0.6) is 11.5 Å². The monoisotopic (exact) mass is 364 g/mol. The number of rotatable bonds is 7. The van der Waals surface area contributed by atoms with Crippen LogP contribution in [0.3, 0.4) is 0 Å². The summed E-state index contributed by atoms with van der Waals surface area (Å²) in [5.41, 5.74) is 2.50. The molecule has 0 saturated carbocycles. The Bertz CT molecular complexity index is 936. The second kappa shape index (κ2) is 8.66. The van der Waals surface area contributed by atoms with Crippen LogP contribution in [0.1, 0.15) is 12.5 Å². The van der Waals surface area contributed by atoms with E-state index in [2.05, 4.69) is 15.5 Å². The van der Waals surface area contributed by atoms with Crippen LogP contribution in [0.4, 0.5) is 5.69 Å². The van der Waals surface area contributed by atoms with Crippen LogP contribution in [-0.4, -0.2) is 34.4 Å². The molecule has 0 aliphatic heterocycles. The molecule has 0 radical (unpaired) electrons. The van der Waals surface area contributed by atoms with Gasteiger partial charge in [-0.25, -0.2) is 0 Å². The number of carbonyl (C=O) groups is 1. The zero-order chi connectivity index (χ0) is 19.1. The summed E-state index contributed by atoms with van der Waals surface area (Å²) in [7, 11) is 1.57. The minimum Gasteiger partial charge on any atom is -0.493 e. The molecule has 0 saturated heterocycles. The highest BCUT2D eigenvalue weighted by Gasteiger charge is 2.09. The van der Waals surface area contributed by atoms with E-state index in [4.69, 9.17) is 9.47 Å². The molecule has 7 heteroatoms. The van der Waals surface area contributed by atoms with Gasteiger partial charge in [0.15, 0.2) is 18.1 Å². The van der Waals surface area contributed by atoms with E-state index in [1.165, 1.54) is 0 Å². The van der Waals surface area contributed by atoms with E-state index < -0.39 is 0 Å². The van der Waals surface area contributed by atoms with Crippen molar-refractivity contribution in [2.24, 2.45) is 0 Å². The molecule has 1 aromatic heterocycles. The highest BCUT2D eigenvalue weighted by Crippen LogP contribution is 2.28. The van der Waals surface area contributed by atoms with Crippen LogP contribution in [0.2, 0.25) is 0 Å². The summed E-state index contributed by atoms with van der Waals surface area (Å²) in [6.45, 7) is 1.82. The van der Waals surface area contributed by atoms with Crippen molar-refractivity contribution < 1.29 is 14.3 Å². The quantitative estimate of drug-likeness (QED) is 0.696. The van der Waals surface area contributed by atoms with Gasteiger partial charge in [-0.3, -0.25) is 9.36 Å². The summed E-state index contributed by atoms with van der Waals surface area (Å²) in [6.07, 6.45) is 7.08. The number of nitrogens with one attached hydrogen (secondary N) is 1. The molecule has 1 N–H and O–H groups in total. The van der Waals surface area contributed by atoms with Gasteiger partial charge in [0.25, 0.3) is 5.91 Å². The Labute approximate surface area is 157 Å². The zero-order valence-corrected chi connectivity index (χ0v) is 15.1. The van der Waals surface area contributed by atoms with Crippen LogP contribution in [0.25, 0.3) is 11.8 Å². The van der Waals surface area contributed by atoms with Crippen molar-refractivity contribution in [3.63, 3.8) is 0 Å². The maximum Gasteiger partial charge on any atom is 0.262 e. The molecular formula is C20H20N4O3. The summed E-state index contributed by atoms with van der Waals surface area (Å²) < 4.78 is 12.7. The first-order chi connectivity index (χ1) is 13.2. The Balaban J connectivity index is 1.63. The van der Waals surface area contributed by atoms with Gasteiger partial charge in [-0.15, -0.1) is 10.2 Å². The van der Waals surface area contributed by atoms with Gasteiger partial charge in [-0.05, 0) is 42.8 Å². The second-order valence-corrected chi connectivity index (χ2v) is 5.67. The molecule has 1 heterocycles. The molecule has 3 rings (SSSR count). The molecular weight excluding hydrogens is 344 g/mol. The molecule has 138 valence electrons. The summed E-state index contributed by atoms with van der Waals surface area (Å²) >= 11 is 0. The van der Waals surface area contributed by atoms with E-state index in [1.807, 2.05) is 49.4 Å². The average molecular weight is 364 g/mol. The standard InChI is InChI=1S/C20H20N4O3/c1-3-5-15-8-9-18(19(10-15)26-2)27-12-20(25)23-16-6-4-7-17(11-16)24-13-21-22-14-24/h3-11,13-14H,12H2,1-2H3,(H,23,25)/b5-3+. The minimum absolute atomic E-state index is 0.129. The third-order valence-corrected chi connectivity index (χ3v) is 3.75. The fourth-order valence-electron chi connectivity index (χ4n) is 2.52. The Kier molecular flexibility index (Phi) is 5.84. The zero-order valence-electron chi connectivity index (χ0n) is 15.1. The molecule has 0 spiro atoms. The van der Waals surface area contributed by atoms with E-state index in [0.717, 1.165) is 11.3 Å². The lowest BCUT2D eigenvalue weighted by Crippen LogP contribution is -2.20. The van der Waals surface area contributed by atoms with E-state index in [0.29, 0.717) is 17.2 Å². The average Bonchev–Trinajstić information content (AvgIpc) is 3.22. The van der Waals surface area contributed by atoms with Crippen LogP contribution in [-0.2, 0) is 4.79 Å². The van der Waals surface area contributed by atoms with Crippen molar-refractivity contribution in [1.82, 2.24) is 14.8 Å². The van der Waals surface area contributed by atoms with Gasteiger partial charge in [0, 0.05) is 5.69 Å². The van der Waals surface area contributed by atoms with Gasteiger partial charge in [-0.1, -0.05) is 24.3 Å². The number of amides is 1. The number of ether oxygens (including phenoxy) is 2. The van der Waals surface area contributed by atoms with Crippen molar-refractivity contribution in [2.45, 2.75) is 6.92 Å². The molecule has 0 fully saturated rings. The van der Waals surface area contributed by atoms with Crippen LogP contribution in [0.15, 0.2) is 61.2 Å². The summed E-state index contributed by atoms with van der Waals surface area (Å²) in [5, 5.41) is 10.4. The first-order valence-electron chi connectivity index (χ1n) is 8.38. The van der Waals surface area contributed by atoms with E-state index in [9.17, 15) is 4.79 Å². The molecule has 0 bridgehead atoms. The molecule has 0 aliphatic carbocycles. The first kappa shape index (κ1) is 18.2. The molecule has 3 aromatic rings. The maximum atomic E-state index is 12.2. The predicted molar refractivity (Wildman–Crippen MR) is 103 cm³/mol. The molecule has 27 heavy (non-hydrogen) atoms. The molecule has 0 atom stereocenters. The highest BCUT2D eigenvalue weighted by atomic mass is 16.5. The number of benzene rings is 2. The van der Waals surface area contributed by atoms with E-state index in [1.54, 1.807) is 36.5 Å². The van der Waals surface area contributed by atoms with Crippen molar-refractivity contribution in [3.8, 4) is 17.2 Å². The Hall–Kier alpha value is -3.61. The number of anilines is 1. The number of carbonyl (C=O) groups excluding carboxylic acids is 1. The van der Waals surface area contributed by atoms with Gasteiger partial charge in [-0.2, -0.15) is 0 Å². The van der Waals surface area contributed by atoms with Gasteiger partial charge < -0.3 is 14.8 Å². The van der Waals surface area contributed by atoms with Crippen molar-refractivity contribution >= 4 is 17.7 Å². The lowest BCUT2D eigenvalue weighted by atomic mass is 10.2. The smallest absolute Gasteiger partial charge is 0.262 e. The van der Waals surface area contributed by atoms with Crippen molar-refractivity contribution in [1.29, 1.82) is 0 Å². The van der Waals surface area contributed by atoms with Crippen LogP contribution >= 0.6 is 0 Å². The van der Waals surface area contributed by atoms with Gasteiger partial charge in [0.1, 0.15) is 12.7 Å². The number of aromatic nitrogens is 3. The number of methoxy groups -OCH3 is 1. The fraction of sp³-hybridized carbons (Fsp3) is 0.150. The molecule has 1 amide bonds. The molecule has 0 unspecified atom stereocenters. The van der Waals surface area contributed by atoms with E-state index >= 15 is 0 Å². The Morgan fingerprint density at radius 1 is 1.15 bits per heavy atom. The summed E-state index contributed by atoms with van der Waals surface area (Å²) in [5.74, 6) is 0.822. The van der Waals surface area contributed by atoms with Crippen LogP contribution < -0.4 is 14.8 Å². The van der Waals surface area contributed by atoms with Gasteiger partial charge in [0.2, 0.25) is 0 Å². The molecule has 7 nitrogen and oxygen atoms in total. The Morgan fingerprint density at radius 3 is 2.70 bits per heavy atom. The number of nitrogens with zero attached hydrogens (tertiary/aromatic N) is 3. The lowest BCUT2D eigenvalue weighted by molar-refractivity contribution is -0.118. The number of hydrogen-bond donors (Lipinski definition) is 1. The minimum atomic E-state index is -0.268. The normalized spacial score (nSPS) is 10.7. The van der Waals surface area contributed by atoms with Gasteiger partial charge in [0.05, 0.1) is 12.8 Å². The van der Waals surface area contributed by atoms with Crippen molar-refractivity contribution in [3.05, 3.63) is 66.8 Å². The predicted octanol–water partition coefficient (Wildman–Crippen LogP) is 3.33. The summed E-state index contributed by atoms with van der Waals surface area (Å²) in [6, 6.07) is 12.9. The third kappa shape index (κ3) is 4.72. The molecule has 0 aliphatic rings. The topological polar surface area (TPSA) is 78.3 Å². The van der Waals surface area contributed by atoms with Crippen molar-refractivity contribution in [2.75, 3.05) is 19.0 Å². The SMILES string of the molecule is C/C=C/c1ccc(OCC(=O)Nc2cccc(-n3cnnc3)c2)c(OC)c1. The third-order valence-electron chi connectivity index (χ3n) is 3.75. The lowest BCUT2D eigenvalue weighted by Gasteiger charge is -2.12. The first-order valence-corrected chi connectivity index (χ1v) is 8.38.